The van der Waals surface area contributed by atoms with Crippen molar-refractivity contribution < 1.29 is 33.6 Å². The lowest BCUT2D eigenvalue weighted by Crippen LogP contribution is -2.27. The van der Waals surface area contributed by atoms with E-state index in [0.717, 1.165) is 11.1 Å². The van der Waals surface area contributed by atoms with Crippen molar-refractivity contribution >= 4 is 23.6 Å². The SMILES string of the molecule is COc1cc(-c2ccc(N3C[C@H](CO)OC3=O)c(OC)c2)ccc1N1C[C@H](CN)OC1=O. The van der Waals surface area contributed by atoms with E-state index < -0.39 is 18.3 Å². The summed E-state index contributed by atoms with van der Waals surface area (Å²) in [5, 5.41) is 9.28. The molecule has 0 aromatic heterocycles. The van der Waals surface area contributed by atoms with Crippen LogP contribution in [0, 0.1) is 0 Å². The molecule has 0 bridgehead atoms. The summed E-state index contributed by atoms with van der Waals surface area (Å²) in [5.74, 6) is 0.990. The molecule has 3 N–H and O–H groups in total. The predicted octanol–water partition coefficient (Wildman–Crippen LogP) is 1.97. The number of cyclic esters (lactones) is 2. The van der Waals surface area contributed by atoms with Gasteiger partial charge in [0.1, 0.15) is 23.7 Å². The molecule has 2 atom stereocenters. The minimum absolute atomic E-state index is 0.239. The molecule has 2 fully saturated rings. The highest BCUT2D eigenvalue weighted by atomic mass is 16.6. The van der Waals surface area contributed by atoms with Crippen LogP contribution in [0.5, 0.6) is 11.5 Å². The Morgan fingerprint density at radius 2 is 1.38 bits per heavy atom. The number of aliphatic hydroxyl groups is 1. The first kappa shape index (κ1) is 21.7. The summed E-state index contributed by atoms with van der Waals surface area (Å²) in [6.45, 7) is 0.599. The van der Waals surface area contributed by atoms with Crippen LogP contribution >= 0.6 is 0 Å². The molecule has 2 aliphatic heterocycles. The second-order valence-corrected chi connectivity index (χ2v) is 7.42. The lowest BCUT2D eigenvalue weighted by atomic mass is 10.0. The van der Waals surface area contributed by atoms with E-state index in [1.165, 1.54) is 24.0 Å². The lowest BCUT2D eigenvalue weighted by molar-refractivity contribution is 0.0963. The number of anilines is 2. The number of methoxy groups -OCH3 is 2. The summed E-state index contributed by atoms with van der Waals surface area (Å²) in [6.07, 6.45) is -1.92. The molecule has 4 rings (SSSR count). The highest BCUT2D eigenvalue weighted by Crippen LogP contribution is 2.39. The van der Waals surface area contributed by atoms with Crippen LogP contribution in [0.4, 0.5) is 21.0 Å². The van der Waals surface area contributed by atoms with E-state index in [-0.39, 0.29) is 25.8 Å². The van der Waals surface area contributed by atoms with Gasteiger partial charge in [-0.15, -0.1) is 0 Å². The number of benzene rings is 2. The van der Waals surface area contributed by atoms with Gasteiger partial charge in [0.2, 0.25) is 0 Å². The van der Waals surface area contributed by atoms with E-state index >= 15 is 0 Å². The van der Waals surface area contributed by atoms with Gasteiger partial charge >= 0.3 is 12.2 Å². The number of nitrogens with two attached hydrogens (primary N) is 1. The van der Waals surface area contributed by atoms with Crippen LogP contribution in [0.2, 0.25) is 0 Å². The van der Waals surface area contributed by atoms with E-state index in [9.17, 15) is 14.7 Å². The van der Waals surface area contributed by atoms with Crippen LogP contribution < -0.4 is 25.0 Å². The average Bonchev–Trinajstić information content (AvgIpc) is 3.39. The molecule has 0 radical (unpaired) electrons. The first-order valence-electron chi connectivity index (χ1n) is 10.1. The molecule has 0 spiro atoms. The topological polar surface area (TPSA) is 124 Å². The van der Waals surface area contributed by atoms with E-state index in [0.29, 0.717) is 29.4 Å². The summed E-state index contributed by atoms with van der Waals surface area (Å²) >= 11 is 0. The van der Waals surface area contributed by atoms with Crippen molar-refractivity contribution in [1.82, 2.24) is 0 Å². The monoisotopic (exact) mass is 443 g/mol. The molecule has 0 saturated carbocycles. The summed E-state index contributed by atoms with van der Waals surface area (Å²) < 4.78 is 21.4. The molecule has 2 aliphatic rings. The summed E-state index contributed by atoms with van der Waals surface area (Å²) in [4.78, 5) is 27.3. The van der Waals surface area contributed by atoms with Crippen molar-refractivity contribution in [2.45, 2.75) is 12.2 Å². The quantitative estimate of drug-likeness (QED) is 0.666. The van der Waals surface area contributed by atoms with Crippen molar-refractivity contribution in [2.24, 2.45) is 5.73 Å². The molecule has 170 valence electrons. The van der Waals surface area contributed by atoms with Gasteiger partial charge in [-0.1, -0.05) is 12.1 Å². The van der Waals surface area contributed by atoms with Crippen molar-refractivity contribution in [3.05, 3.63) is 36.4 Å². The van der Waals surface area contributed by atoms with Gasteiger partial charge in [-0.2, -0.15) is 0 Å². The Bertz CT molecular complexity index is 947. The van der Waals surface area contributed by atoms with Crippen molar-refractivity contribution in [3.63, 3.8) is 0 Å². The average molecular weight is 443 g/mol. The Balaban J connectivity index is 1.64. The van der Waals surface area contributed by atoms with Crippen LogP contribution in [-0.2, 0) is 9.47 Å². The molecular formula is C22H25N3O7. The van der Waals surface area contributed by atoms with Crippen molar-refractivity contribution in [1.29, 1.82) is 0 Å². The van der Waals surface area contributed by atoms with Crippen LogP contribution in [0.1, 0.15) is 0 Å². The number of rotatable bonds is 7. The third kappa shape index (κ3) is 3.90. The first-order valence-corrected chi connectivity index (χ1v) is 10.1. The van der Waals surface area contributed by atoms with E-state index in [1.807, 2.05) is 18.2 Å². The Hall–Kier alpha value is -3.50. The van der Waals surface area contributed by atoms with Crippen molar-refractivity contribution in [2.75, 3.05) is 50.3 Å². The Labute approximate surface area is 185 Å². The van der Waals surface area contributed by atoms with Crippen LogP contribution in [0.15, 0.2) is 36.4 Å². The maximum atomic E-state index is 12.2. The highest BCUT2D eigenvalue weighted by Gasteiger charge is 2.34. The minimum Gasteiger partial charge on any atom is -0.495 e. The minimum atomic E-state index is -0.570. The molecule has 2 saturated heterocycles. The Kier molecular flexibility index (Phi) is 6.06. The smallest absolute Gasteiger partial charge is 0.414 e. The number of aliphatic hydroxyl groups excluding tert-OH is 1. The highest BCUT2D eigenvalue weighted by molar-refractivity contribution is 5.94. The summed E-state index contributed by atoms with van der Waals surface area (Å²) in [7, 11) is 3.05. The molecule has 10 heteroatoms. The molecule has 2 heterocycles. The fraction of sp³-hybridized carbons (Fsp3) is 0.364. The lowest BCUT2D eigenvalue weighted by Gasteiger charge is -2.19. The summed E-state index contributed by atoms with van der Waals surface area (Å²) in [6, 6.07) is 10.9. The number of ether oxygens (including phenoxy) is 4. The molecule has 0 aliphatic carbocycles. The first-order chi connectivity index (χ1) is 15.5. The van der Waals surface area contributed by atoms with Crippen molar-refractivity contribution in [3.8, 4) is 22.6 Å². The maximum absolute atomic E-state index is 12.2. The number of nitrogens with zero attached hydrogens (tertiary/aromatic N) is 2. The third-order valence-electron chi connectivity index (χ3n) is 5.49. The second-order valence-electron chi connectivity index (χ2n) is 7.42. The Morgan fingerprint density at radius 3 is 1.75 bits per heavy atom. The van der Waals surface area contributed by atoms with E-state index in [2.05, 4.69) is 0 Å². The molecule has 2 aromatic rings. The standard InChI is InChI=1S/C22H25N3O7/c1-29-19-7-13(3-5-17(19)24-10-15(9-23)31-21(24)27)14-4-6-18(20(8-14)30-2)25-11-16(12-26)32-22(25)28/h3-8,15-16,26H,9-12,23H2,1-2H3/t15-,16+/m0/s1. The Morgan fingerprint density at radius 1 is 0.906 bits per heavy atom. The van der Waals surface area contributed by atoms with Gasteiger partial charge in [-0.25, -0.2) is 9.59 Å². The molecule has 2 aromatic carbocycles. The normalized spacial score (nSPS) is 20.4. The second kappa shape index (κ2) is 8.93. The van der Waals surface area contributed by atoms with Gasteiger partial charge in [-0.3, -0.25) is 9.80 Å². The number of amides is 2. The molecule has 32 heavy (non-hydrogen) atoms. The number of carbonyl (C=O) groups excluding carboxylic acids is 2. The van der Waals surface area contributed by atoms with Gasteiger partial charge in [0.25, 0.3) is 0 Å². The molecule has 10 nitrogen and oxygen atoms in total. The number of hydrogen-bond donors (Lipinski definition) is 2. The fourth-order valence-corrected chi connectivity index (χ4v) is 3.81. The van der Waals surface area contributed by atoms with Crippen LogP contribution in [0.3, 0.4) is 0 Å². The molecule has 0 unspecified atom stereocenters. The third-order valence-corrected chi connectivity index (χ3v) is 5.49. The van der Waals surface area contributed by atoms with Gasteiger partial charge in [0, 0.05) is 6.54 Å². The van der Waals surface area contributed by atoms with Gasteiger partial charge in [-0.05, 0) is 35.4 Å². The molecule has 2 amide bonds. The summed E-state index contributed by atoms with van der Waals surface area (Å²) in [5.41, 5.74) is 8.42. The number of carbonyl (C=O) groups is 2. The zero-order valence-electron chi connectivity index (χ0n) is 17.8. The predicted molar refractivity (Wildman–Crippen MR) is 116 cm³/mol. The van der Waals surface area contributed by atoms with Gasteiger partial charge in [0.05, 0.1) is 45.3 Å². The zero-order valence-corrected chi connectivity index (χ0v) is 17.8. The fourth-order valence-electron chi connectivity index (χ4n) is 3.81. The van der Waals surface area contributed by atoms with Crippen LogP contribution in [-0.4, -0.2) is 70.0 Å². The van der Waals surface area contributed by atoms with Gasteiger partial charge < -0.3 is 29.8 Å². The maximum Gasteiger partial charge on any atom is 0.414 e. The van der Waals surface area contributed by atoms with E-state index in [1.54, 1.807) is 18.2 Å². The van der Waals surface area contributed by atoms with E-state index in [4.69, 9.17) is 24.7 Å². The van der Waals surface area contributed by atoms with Crippen LogP contribution in [0.25, 0.3) is 11.1 Å². The van der Waals surface area contributed by atoms with Gasteiger partial charge in [0.15, 0.2) is 0 Å². The number of hydrogen-bond acceptors (Lipinski definition) is 8. The molecular weight excluding hydrogens is 418 g/mol. The zero-order chi connectivity index (χ0) is 22.8. The largest absolute Gasteiger partial charge is 0.495 e.